The highest BCUT2D eigenvalue weighted by atomic mass is 19.4. The fourth-order valence-electron chi connectivity index (χ4n) is 1.78. The van der Waals surface area contributed by atoms with Crippen molar-refractivity contribution in [1.82, 2.24) is 0 Å². The third-order valence-electron chi connectivity index (χ3n) is 2.65. The first-order valence-corrected chi connectivity index (χ1v) is 5.68. The molecule has 0 bridgehead atoms. The molecule has 0 aliphatic carbocycles. The van der Waals surface area contributed by atoms with Crippen LogP contribution < -0.4 is 4.74 Å². The second kappa shape index (κ2) is 5.31. The van der Waals surface area contributed by atoms with Crippen LogP contribution in [0.3, 0.4) is 0 Å². The molecule has 0 heterocycles. The van der Waals surface area contributed by atoms with Crippen molar-refractivity contribution in [2.75, 3.05) is 0 Å². The third-order valence-corrected chi connectivity index (χ3v) is 2.65. The van der Waals surface area contributed by atoms with E-state index in [1.54, 1.807) is 6.92 Å². The molecular weight excluding hydrogens is 298 g/mol. The molecule has 2 aromatic rings. The number of rotatable bonds is 2. The minimum atomic E-state index is -5.22. The van der Waals surface area contributed by atoms with Gasteiger partial charge in [-0.3, -0.25) is 0 Å². The van der Waals surface area contributed by atoms with E-state index in [1.165, 1.54) is 12.1 Å². The summed E-state index contributed by atoms with van der Waals surface area (Å²) in [5, 5.41) is 0. The maximum atomic E-state index is 13.7. The summed E-state index contributed by atoms with van der Waals surface area (Å²) < 4.78 is 80.1. The fraction of sp³-hybridized carbons (Fsp3) is 0.143. The van der Waals surface area contributed by atoms with Gasteiger partial charge in [0.15, 0.2) is 11.6 Å². The molecule has 0 aliphatic heterocycles. The number of alkyl halides is 3. The van der Waals surface area contributed by atoms with Crippen LogP contribution in [0, 0.1) is 24.4 Å². The van der Waals surface area contributed by atoms with Gasteiger partial charge in [0.1, 0.15) is 5.82 Å². The van der Waals surface area contributed by atoms with E-state index in [-0.39, 0.29) is 11.1 Å². The van der Waals surface area contributed by atoms with Gasteiger partial charge in [-0.15, -0.1) is 13.2 Å². The molecular formula is C14H8F6O. The van der Waals surface area contributed by atoms with Crippen molar-refractivity contribution in [2.45, 2.75) is 13.3 Å². The maximum absolute atomic E-state index is 13.7. The van der Waals surface area contributed by atoms with Crippen LogP contribution in [0.2, 0.25) is 0 Å². The average Bonchev–Trinajstić information content (AvgIpc) is 2.32. The van der Waals surface area contributed by atoms with Crippen molar-refractivity contribution >= 4 is 0 Å². The van der Waals surface area contributed by atoms with Crippen molar-refractivity contribution in [3.8, 4) is 16.9 Å². The van der Waals surface area contributed by atoms with E-state index in [1.807, 2.05) is 0 Å². The summed E-state index contributed by atoms with van der Waals surface area (Å²) in [4.78, 5) is 0. The van der Waals surface area contributed by atoms with Crippen LogP contribution >= 0.6 is 0 Å². The highest BCUT2D eigenvalue weighted by Gasteiger charge is 2.34. The molecule has 0 N–H and O–H groups in total. The maximum Gasteiger partial charge on any atom is 0.573 e. The van der Waals surface area contributed by atoms with Gasteiger partial charge in [-0.25, -0.2) is 13.2 Å². The molecule has 0 spiro atoms. The number of halogens is 6. The molecule has 112 valence electrons. The van der Waals surface area contributed by atoms with E-state index in [9.17, 15) is 26.3 Å². The van der Waals surface area contributed by atoms with Gasteiger partial charge in [-0.1, -0.05) is 12.1 Å². The lowest BCUT2D eigenvalue weighted by Crippen LogP contribution is -2.19. The summed E-state index contributed by atoms with van der Waals surface area (Å²) in [6.07, 6.45) is -5.22. The molecule has 7 heteroatoms. The van der Waals surface area contributed by atoms with E-state index < -0.39 is 29.6 Å². The van der Waals surface area contributed by atoms with Crippen molar-refractivity contribution in [2.24, 2.45) is 0 Å². The average molecular weight is 306 g/mol. The van der Waals surface area contributed by atoms with Gasteiger partial charge in [0.2, 0.25) is 5.75 Å². The predicted octanol–water partition coefficient (Wildman–Crippen LogP) is 4.98. The van der Waals surface area contributed by atoms with E-state index >= 15 is 0 Å². The molecule has 2 rings (SSSR count). The summed E-state index contributed by atoms with van der Waals surface area (Å²) in [5.41, 5.74) is 0.239. The van der Waals surface area contributed by atoms with Crippen LogP contribution in [0.4, 0.5) is 26.3 Å². The summed E-state index contributed by atoms with van der Waals surface area (Å²) in [6.45, 7) is 1.62. The Bertz CT molecular complexity index is 655. The van der Waals surface area contributed by atoms with Gasteiger partial charge in [-0.2, -0.15) is 0 Å². The number of hydrogen-bond acceptors (Lipinski definition) is 1. The zero-order valence-corrected chi connectivity index (χ0v) is 10.6. The Morgan fingerprint density at radius 3 is 1.90 bits per heavy atom. The summed E-state index contributed by atoms with van der Waals surface area (Å²) in [6, 6.07) is 5.10. The van der Waals surface area contributed by atoms with Crippen molar-refractivity contribution in [3.63, 3.8) is 0 Å². The fourth-order valence-corrected chi connectivity index (χ4v) is 1.78. The minimum Gasteiger partial charge on any atom is -0.399 e. The molecule has 0 fully saturated rings. The summed E-state index contributed by atoms with van der Waals surface area (Å²) in [7, 11) is 0. The third kappa shape index (κ3) is 3.48. The molecule has 0 saturated heterocycles. The molecule has 1 nitrogen and oxygen atoms in total. The molecule has 0 aromatic heterocycles. The Kier molecular flexibility index (Phi) is 3.85. The molecule has 0 atom stereocenters. The minimum absolute atomic E-state index is 0.128. The highest BCUT2D eigenvalue weighted by Crippen LogP contribution is 2.33. The lowest BCUT2D eigenvalue weighted by molar-refractivity contribution is -0.276. The van der Waals surface area contributed by atoms with E-state index in [0.29, 0.717) is 17.7 Å². The van der Waals surface area contributed by atoms with E-state index in [2.05, 4.69) is 4.74 Å². The Balaban J connectivity index is 2.49. The monoisotopic (exact) mass is 306 g/mol. The Hall–Kier alpha value is -2.18. The standard InChI is InChI=1S/C14H8F6O/c1-7-2-3-9(10(15)4-7)8-5-11(16)13(12(17)6-8)21-14(18,19)20/h2-6H,1H3. The van der Waals surface area contributed by atoms with Crippen LogP contribution in [0.5, 0.6) is 5.75 Å². The van der Waals surface area contributed by atoms with E-state index in [4.69, 9.17) is 0 Å². The zero-order chi connectivity index (χ0) is 15.8. The Morgan fingerprint density at radius 1 is 0.857 bits per heavy atom. The first kappa shape index (κ1) is 15.2. The normalized spacial score (nSPS) is 11.6. The quantitative estimate of drug-likeness (QED) is 0.711. The van der Waals surface area contributed by atoms with Crippen molar-refractivity contribution in [3.05, 3.63) is 53.3 Å². The van der Waals surface area contributed by atoms with Gasteiger partial charge >= 0.3 is 6.36 Å². The Morgan fingerprint density at radius 2 is 1.43 bits per heavy atom. The number of aryl methyl sites for hydroxylation is 1. The van der Waals surface area contributed by atoms with Crippen LogP contribution in [-0.2, 0) is 0 Å². The van der Waals surface area contributed by atoms with Crippen molar-refractivity contribution < 1.29 is 31.1 Å². The smallest absolute Gasteiger partial charge is 0.399 e. The van der Waals surface area contributed by atoms with Crippen LogP contribution in [0.1, 0.15) is 5.56 Å². The number of hydrogen-bond donors (Lipinski definition) is 0. The Labute approximate surface area is 115 Å². The first-order valence-electron chi connectivity index (χ1n) is 5.68. The van der Waals surface area contributed by atoms with Crippen LogP contribution in [0.15, 0.2) is 30.3 Å². The van der Waals surface area contributed by atoms with Crippen LogP contribution in [-0.4, -0.2) is 6.36 Å². The van der Waals surface area contributed by atoms with Gasteiger partial charge in [0, 0.05) is 5.56 Å². The molecule has 0 saturated carbocycles. The number of benzene rings is 2. The SMILES string of the molecule is Cc1ccc(-c2cc(F)c(OC(F)(F)F)c(F)c2)c(F)c1. The lowest BCUT2D eigenvalue weighted by atomic mass is 10.0. The lowest BCUT2D eigenvalue weighted by Gasteiger charge is -2.12. The highest BCUT2D eigenvalue weighted by molar-refractivity contribution is 5.65. The number of ether oxygens (including phenoxy) is 1. The summed E-state index contributed by atoms with van der Waals surface area (Å²) >= 11 is 0. The molecule has 21 heavy (non-hydrogen) atoms. The predicted molar refractivity (Wildman–Crippen MR) is 63.2 cm³/mol. The van der Waals surface area contributed by atoms with Crippen molar-refractivity contribution in [1.29, 1.82) is 0 Å². The van der Waals surface area contributed by atoms with Gasteiger partial charge < -0.3 is 4.74 Å². The second-order valence-electron chi connectivity index (χ2n) is 4.30. The largest absolute Gasteiger partial charge is 0.573 e. The summed E-state index contributed by atoms with van der Waals surface area (Å²) in [5.74, 6) is -5.44. The molecule has 0 amide bonds. The van der Waals surface area contributed by atoms with E-state index in [0.717, 1.165) is 6.07 Å². The molecule has 0 radical (unpaired) electrons. The first-order chi connectivity index (χ1) is 9.67. The second-order valence-corrected chi connectivity index (χ2v) is 4.30. The molecule has 0 unspecified atom stereocenters. The van der Waals surface area contributed by atoms with Gasteiger partial charge in [0.05, 0.1) is 0 Å². The van der Waals surface area contributed by atoms with Gasteiger partial charge in [0.25, 0.3) is 0 Å². The van der Waals surface area contributed by atoms with Crippen LogP contribution in [0.25, 0.3) is 11.1 Å². The molecule has 2 aromatic carbocycles. The zero-order valence-electron chi connectivity index (χ0n) is 10.6. The van der Waals surface area contributed by atoms with Gasteiger partial charge in [-0.05, 0) is 36.2 Å². The molecule has 0 aliphatic rings. The topological polar surface area (TPSA) is 9.23 Å².